The minimum absolute atomic E-state index is 0.132. The monoisotopic (exact) mass is 441 g/mol. The number of carbonyl (C=O) groups is 1. The van der Waals surface area contributed by atoms with Gasteiger partial charge in [0.15, 0.2) is 9.84 Å². The van der Waals surface area contributed by atoms with Crippen molar-refractivity contribution < 1.29 is 17.6 Å². The number of sulfone groups is 1. The van der Waals surface area contributed by atoms with Crippen molar-refractivity contribution in [2.75, 3.05) is 6.26 Å². The van der Waals surface area contributed by atoms with E-state index < -0.39 is 9.84 Å². The van der Waals surface area contributed by atoms with Crippen molar-refractivity contribution in [3.8, 4) is 11.1 Å². The van der Waals surface area contributed by atoms with Crippen LogP contribution in [-0.4, -0.2) is 25.9 Å². The van der Waals surface area contributed by atoms with Gasteiger partial charge in [-0.05, 0) is 55.7 Å². The molecule has 31 heavy (non-hydrogen) atoms. The number of rotatable bonds is 4. The number of aromatic nitrogens is 1. The third-order valence-electron chi connectivity index (χ3n) is 3.90. The molecule has 0 aliphatic carbocycles. The van der Waals surface area contributed by atoms with E-state index in [0.29, 0.717) is 0 Å². The first-order valence-corrected chi connectivity index (χ1v) is 11.7. The molecule has 0 fully saturated rings. The molecule has 3 rings (SSSR count). The normalized spacial score (nSPS) is 10.5. The Balaban J connectivity index is 0.000000285. The van der Waals surface area contributed by atoms with Gasteiger partial charge < -0.3 is 4.79 Å². The summed E-state index contributed by atoms with van der Waals surface area (Å²) in [4.78, 5) is 12.9. The Morgan fingerprint density at radius 1 is 0.968 bits per heavy atom. The van der Waals surface area contributed by atoms with Gasteiger partial charge in [-0.1, -0.05) is 54.1 Å². The van der Waals surface area contributed by atoms with Crippen LogP contribution in [0.15, 0.2) is 73.1 Å². The van der Waals surface area contributed by atoms with E-state index in [1.165, 1.54) is 25.3 Å². The fourth-order valence-corrected chi connectivity index (χ4v) is 3.40. The Kier molecular flexibility index (Phi) is 11.1. The summed E-state index contributed by atoms with van der Waals surface area (Å²) >= 11 is 0. The average molecular weight is 442 g/mol. The SMILES string of the molecule is C/C=C/c1cnccc1-c1ccc(F)cc1.CC=O.Cc1ccc(CS(C)(=O)=O)cc1. The largest absolute Gasteiger partial charge is 0.304 e. The molecule has 1 aromatic heterocycles. The van der Waals surface area contributed by atoms with Crippen molar-refractivity contribution in [3.05, 3.63) is 95.6 Å². The zero-order valence-electron chi connectivity index (χ0n) is 18.2. The Morgan fingerprint density at radius 3 is 2.06 bits per heavy atom. The molecule has 3 aromatic rings. The molecule has 0 spiro atoms. The Hall–Kier alpha value is -3.12. The molecular formula is C25H28FNO3S. The predicted octanol–water partition coefficient (Wildman–Crippen LogP) is 5.67. The molecule has 0 saturated carbocycles. The molecule has 0 unspecified atom stereocenters. The van der Waals surface area contributed by atoms with Gasteiger partial charge in [0.1, 0.15) is 12.1 Å². The molecule has 0 bridgehead atoms. The second-order valence-corrected chi connectivity index (χ2v) is 8.90. The predicted molar refractivity (Wildman–Crippen MR) is 126 cm³/mol. The highest BCUT2D eigenvalue weighted by Crippen LogP contribution is 2.24. The topological polar surface area (TPSA) is 64.1 Å². The number of aldehydes is 1. The fourth-order valence-electron chi connectivity index (χ4n) is 2.60. The Bertz CT molecular complexity index is 1070. The van der Waals surface area contributed by atoms with Crippen LogP contribution in [0.25, 0.3) is 17.2 Å². The molecule has 0 aliphatic heterocycles. The summed E-state index contributed by atoms with van der Waals surface area (Å²) in [6.45, 7) is 5.38. The number of halogens is 1. The van der Waals surface area contributed by atoms with Crippen molar-refractivity contribution in [1.82, 2.24) is 4.98 Å². The number of nitrogens with zero attached hydrogens (tertiary/aromatic N) is 1. The number of benzene rings is 2. The summed E-state index contributed by atoms with van der Waals surface area (Å²) < 4.78 is 34.6. The minimum atomic E-state index is -2.89. The van der Waals surface area contributed by atoms with Gasteiger partial charge in [-0.2, -0.15) is 0 Å². The van der Waals surface area contributed by atoms with Crippen LogP contribution in [0.2, 0.25) is 0 Å². The van der Waals surface area contributed by atoms with Crippen LogP contribution in [0.5, 0.6) is 0 Å². The number of hydrogen-bond acceptors (Lipinski definition) is 4. The smallest absolute Gasteiger partial charge is 0.151 e. The summed E-state index contributed by atoms with van der Waals surface area (Å²) in [6, 6.07) is 15.9. The highest BCUT2D eigenvalue weighted by atomic mass is 32.2. The third-order valence-corrected chi connectivity index (χ3v) is 4.76. The van der Waals surface area contributed by atoms with E-state index in [9.17, 15) is 12.8 Å². The quantitative estimate of drug-likeness (QED) is 0.490. The second-order valence-electron chi connectivity index (χ2n) is 6.76. The number of hydrogen-bond donors (Lipinski definition) is 0. The standard InChI is InChI=1S/C14H12FN.C9H12O2S.C2H4O/c1-2-3-12-10-16-9-8-14(12)11-4-6-13(15)7-5-11;1-8-3-5-9(6-4-8)7-12(2,10)11;1-2-3/h2-10H,1H3;3-6H,7H2,1-2H3;2H,1H3/b3-2+;;. The number of pyridine rings is 1. The van der Waals surface area contributed by atoms with Gasteiger partial charge in [0, 0.05) is 24.2 Å². The fraction of sp³-hybridized carbons (Fsp3) is 0.200. The van der Waals surface area contributed by atoms with Crippen LogP contribution in [-0.2, 0) is 20.4 Å². The molecule has 0 aliphatic rings. The van der Waals surface area contributed by atoms with Gasteiger partial charge in [-0.3, -0.25) is 4.98 Å². The number of carbonyl (C=O) groups excluding carboxylic acids is 1. The lowest BCUT2D eigenvalue weighted by molar-refractivity contribution is -0.106. The first-order valence-electron chi connectivity index (χ1n) is 9.66. The molecule has 0 amide bonds. The van der Waals surface area contributed by atoms with Crippen LogP contribution < -0.4 is 0 Å². The van der Waals surface area contributed by atoms with E-state index in [4.69, 9.17) is 4.79 Å². The van der Waals surface area contributed by atoms with Gasteiger partial charge >= 0.3 is 0 Å². The lowest BCUT2D eigenvalue weighted by Crippen LogP contribution is -2.00. The van der Waals surface area contributed by atoms with Crippen LogP contribution in [0.1, 0.15) is 30.5 Å². The zero-order chi connectivity index (χ0) is 23.3. The molecule has 0 N–H and O–H groups in total. The molecule has 0 radical (unpaired) electrons. The van der Waals surface area contributed by atoms with E-state index >= 15 is 0 Å². The molecule has 4 nitrogen and oxygen atoms in total. The van der Waals surface area contributed by atoms with Gasteiger partial charge in [0.05, 0.1) is 5.75 Å². The lowest BCUT2D eigenvalue weighted by Gasteiger charge is -2.05. The van der Waals surface area contributed by atoms with Gasteiger partial charge in [0.25, 0.3) is 0 Å². The molecule has 6 heteroatoms. The molecule has 0 saturated heterocycles. The maximum atomic E-state index is 12.8. The summed E-state index contributed by atoms with van der Waals surface area (Å²) in [5.41, 5.74) is 5.09. The van der Waals surface area contributed by atoms with Gasteiger partial charge in [0.2, 0.25) is 0 Å². The van der Waals surface area contributed by atoms with Crippen molar-refractivity contribution in [2.45, 2.75) is 26.5 Å². The van der Waals surface area contributed by atoms with Gasteiger partial charge in [-0.15, -0.1) is 0 Å². The van der Waals surface area contributed by atoms with Crippen molar-refractivity contribution >= 4 is 22.2 Å². The van der Waals surface area contributed by atoms with Gasteiger partial charge in [-0.25, -0.2) is 12.8 Å². The van der Waals surface area contributed by atoms with E-state index in [0.717, 1.165) is 34.1 Å². The van der Waals surface area contributed by atoms with Crippen molar-refractivity contribution in [2.24, 2.45) is 0 Å². The number of aryl methyl sites for hydroxylation is 1. The summed E-state index contributed by atoms with van der Waals surface area (Å²) in [7, 11) is -2.89. The molecule has 1 heterocycles. The first-order chi connectivity index (χ1) is 14.7. The Labute approximate surface area is 184 Å². The summed E-state index contributed by atoms with van der Waals surface area (Å²) in [6.07, 6.45) is 9.49. The second kappa shape index (κ2) is 13.2. The first kappa shape index (κ1) is 25.9. The van der Waals surface area contributed by atoms with E-state index in [-0.39, 0.29) is 11.6 Å². The van der Waals surface area contributed by atoms with E-state index in [1.807, 2.05) is 56.3 Å². The van der Waals surface area contributed by atoms with Crippen LogP contribution in [0, 0.1) is 12.7 Å². The molecule has 2 aromatic carbocycles. The highest BCUT2D eigenvalue weighted by molar-refractivity contribution is 7.89. The Morgan fingerprint density at radius 2 is 1.55 bits per heavy atom. The van der Waals surface area contributed by atoms with Crippen LogP contribution >= 0.6 is 0 Å². The molecular weight excluding hydrogens is 413 g/mol. The van der Waals surface area contributed by atoms with E-state index in [2.05, 4.69) is 4.98 Å². The van der Waals surface area contributed by atoms with E-state index in [1.54, 1.807) is 24.5 Å². The van der Waals surface area contributed by atoms with Crippen LogP contribution in [0.3, 0.4) is 0 Å². The van der Waals surface area contributed by atoms with Crippen LogP contribution in [0.4, 0.5) is 4.39 Å². The lowest BCUT2D eigenvalue weighted by atomic mass is 10.0. The minimum Gasteiger partial charge on any atom is -0.304 e. The molecule has 164 valence electrons. The zero-order valence-corrected chi connectivity index (χ0v) is 19.1. The number of allylic oxidation sites excluding steroid dienone is 1. The average Bonchev–Trinajstić information content (AvgIpc) is 2.71. The third kappa shape index (κ3) is 10.5. The molecule has 0 atom stereocenters. The summed E-state index contributed by atoms with van der Waals surface area (Å²) in [5.74, 6) is -0.0850. The van der Waals surface area contributed by atoms with Crippen molar-refractivity contribution in [1.29, 1.82) is 0 Å². The van der Waals surface area contributed by atoms with Crippen molar-refractivity contribution in [3.63, 3.8) is 0 Å². The maximum Gasteiger partial charge on any atom is 0.151 e. The summed E-state index contributed by atoms with van der Waals surface area (Å²) in [5, 5.41) is 0. The maximum absolute atomic E-state index is 12.8. The highest BCUT2D eigenvalue weighted by Gasteiger charge is 2.03.